The number of thioether (sulfide) groups is 1. The van der Waals surface area contributed by atoms with Crippen molar-refractivity contribution in [3.05, 3.63) is 102 Å². The Bertz CT molecular complexity index is 1260. The largest absolute Gasteiger partial charge is 0.480 e. The fourth-order valence-electron chi connectivity index (χ4n) is 4.91. The van der Waals surface area contributed by atoms with E-state index in [4.69, 9.17) is 0 Å². The van der Waals surface area contributed by atoms with Crippen molar-refractivity contribution in [3.63, 3.8) is 0 Å². The molecule has 1 aliphatic rings. The lowest BCUT2D eigenvalue weighted by Crippen LogP contribution is -2.51. The molecule has 40 heavy (non-hydrogen) atoms. The van der Waals surface area contributed by atoms with E-state index in [1.807, 2.05) is 66.7 Å². The van der Waals surface area contributed by atoms with Crippen LogP contribution in [0.5, 0.6) is 0 Å². The number of aliphatic carboxylic acids is 1. The van der Waals surface area contributed by atoms with Gasteiger partial charge in [0.15, 0.2) is 0 Å². The minimum Gasteiger partial charge on any atom is -0.480 e. The first kappa shape index (κ1) is 29.3. The summed E-state index contributed by atoms with van der Waals surface area (Å²) in [6, 6.07) is 26.7. The normalized spacial score (nSPS) is 18.3. The number of rotatable bonds is 12. The third-order valence-electron chi connectivity index (χ3n) is 6.93. The highest BCUT2D eigenvalue weighted by atomic mass is 32.2. The van der Waals surface area contributed by atoms with Gasteiger partial charge in [-0.15, -0.1) is 11.8 Å². The van der Waals surface area contributed by atoms with Crippen LogP contribution in [0, 0.1) is 0 Å². The van der Waals surface area contributed by atoms with Crippen LogP contribution in [0.1, 0.15) is 22.3 Å². The predicted molar refractivity (Wildman–Crippen MR) is 155 cm³/mol. The van der Waals surface area contributed by atoms with Crippen LogP contribution in [0.3, 0.4) is 0 Å². The molecule has 8 nitrogen and oxygen atoms in total. The second-order valence-corrected chi connectivity index (χ2v) is 11.5. The number of benzene rings is 3. The number of carboxylic acids is 1. The van der Waals surface area contributed by atoms with Crippen LogP contribution in [0.25, 0.3) is 0 Å². The van der Waals surface area contributed by atoms with Crippen molar-refractivity contribution < 1.29 is 24.6 Å². The molecule has 0 aliphatic carbocycles. The lowest BCUT2D eigenvalue weighted by atomic mass is 10.00. The van der Waals surface area contributed by atoms with Gasteiger partial charge in [0.2, 0.25) is 5.91 Å². The van der Waals surface area contributed by atoms with Crippen molar-refractivity contribution in [1.82, 2.24) is 15.1 Å². The monoisotopic (exact) mass is 561 g/mol. The summed E-state index contributed by atoms with van der Waals surface area (Å²) >= 11 is 1.58. The Morgan fingerprint density at radius 2 is 1.57 bits per heavy atom. The Labute approximate surface area is 239 Å². The van der Waals surface area contributed by atoms with Gasteiger partial charge in [0.05, 0.1) is 18.7 Å². The van der Waals surface area contributed by atoms with Gasteiger partial charge in [-0.2, -0.15) is 0 Å². The molecule has 1 aliphatic heterocycles. The molecule has 0 radical (unpaired) electrons. The van der Waals surface area contributed by atoms with Crippen molar-refractivity contribution in [3.8, 4) is 0 Å². The SMILES string of the molecule is CN(CC(=O)N1C[C@@H](Sc2ccccc2)C[C@H]1C(=O)O)CC(O)C(Cc1ccccc1)NC(=O)c1ccccc1. The van der Waals surface area contributed by atoms with E-state index in [1.54, 1.807) is 48.0 Å². The summed E-state index contributed by atoms with van der Waals surface area (Å²) in [5.74, 6) is -1.60. The highest BCUT2D eigenvalue weighted by Crippen LogP contribution is 2.33. The van der Waals surface area contributed by atoms with Gasteiger partial charge in [-0.05, 0) is 49.7 Å². The van der Waals surface area contributed by atoms with E-state index in [2.05, 4.69) is 5.32 Å². The van der Waals surface area contributed by atoms with E-state index >= 15 is 0 Å². The van der Waals surface area contributed by atoms with Gasteiger partial charge < -0.3 is 20.4 Å². The molecule has 3 aromatic rings. The number of nitrogens with zero attached hydrogens (tertiary/aromatic N) is 2. The number of hydrogen-bond acceptors (Lipinski definition) is 6. The zero-order valence-electron chi connectivity index (χ0n) is 22.4. The summed E-state index contributed by atoms with van der Waals surface area (Å²) in [6.45, 7) is 0.413. The lowest BCUT2D eigenvalue weighted by Gasteiger charge is -2.29. The fraction of sp³-hybridized carbons (Fsp3) is 0.323. The Kier molecular flexibility index (Phi) is 10.3. The molecule has 0 aromatic heterocycles. The smallest absolute Gasteiger partial charge is 0.326 e. The Morgan fingerprint density at radius 3 is 2.20 bits per heavy atom. The Hall–Kier alpha value is -3.66. The first-order valence-electron chi connectivity index (χ1n) is 13.3. The van der Waals surface area contributed by atoms with Gasteiger partial charge in [0, 0.05) is 28.8 Å². The minimum absolute atomic E-state index is 0.0215. The fourth-order valence-corrected chi connectivity index (χ4v) is 6.12. The molecule has 1 saturated heterocycles. The molecule has 3 N–H and O–H groups in total. The van der Waals surface area contributed by atoms with Crippen LogP contribution < -0.4 is 5.32 Å². The summed E-state index contributed by atoms with van der Waals surface area (Å²) < 4.78 is 0. The van der Waals surface area contributed by atoms with E-state index < -0.39 is 24.2 Å². The van der Waals surface area contributed by atoms with E-state index in [0.29, 0.717) is 24.9 Å². The van der Waals surface area contributed by atoms with Crippen LogP contribution in [0.15, 0.2) is 95.9 Å². The summed E-state index contributed by atoms with van der Waals surface area (Å²) in [5, 5.41) is 23.9. The standard InChI is InChI=1S/C31H35N3O5S/c1-33(21-29(36)34-19-25(18-27(34)31(38)39)40-24-15-9-4-10-16-24)20-28(35)26(17-22-11-5-2-6-12-22)32-30(37)23-13-7-3-8-14-23/h2-16,25-28,35H,17-21H2,1H3,(H,32,37)(H,38,39)/t25-,26?,27-,28?/m0/s1. The van der Waals surface area contributed by atoms with Crippen molar-refractivity contribution in [2.45, 2.75) is 41.2 Å². The van der Waals surface area contributed by atoms with E-state index in [0.717, 1.165) is 10.5 Å². The summed E-state index contributed by atoms with van der Waals surface area (Å²) in [7, 11) is 1.71. The van der Waals surface area contributed by atoms with Crippen LogP contribution in [-0.2, 0) is 16.0 Å². The highest BCUT2D eigenvalue weighted by Gasteiger charge is 2.40. The van der Waals surface area contributed by atoms with E-state index in [9.17, 15) is 24.6 Å². The lowest BCUT2D eigenvalue weighted by molar-refractivity contribution is -0.148. The first-order valence-corrected chi connectivity index (χ1v) is 14.2. The molecule has 1 heterocycles. The molecule has 210 valence electrons. The summed E-state index contributed by atoms with van der Waals surface area (Å²) in [4.78, 5) is 42.2. The molecule has 4 atom stereocenters. The van der Waals surface area contributed by atoms with Crippen LogP contribution in [0.4, 0.5) is 0 Å². The molecular weight excluding hydrogens is 526 g/mol. The molecule has 4 rings (SSSR count). The van der Waals surface area contributed by atoms with Gasteiger partial charge in [-0.1, -0.05) is 66.7 Å². The molecule has 0 saturated carbocycles. The van der Waals surface area contributed by atoms with Gasteiger partial charge >= 0.3 is 5.97 Å². The number of carbonyl (C=O) groups excluding carboxylic acids is 2. The van der Waals surface area contributed by atoms with E-state index in [-0.39, 0.29) is 30.2 Å². The molecule has 9 heteroatoms. The van der Waals surface area contributed by atoms with Crippen LogP contribution in [0.2, 0.25) is 0 Å². The third kappa shape index (κ3) is 8.17. The maximum Gasteiger partial charge on any atom is 0.326 e. The van der Waals surface area contributed by atoms with Crippen molar-refractivity contribution in [1.29, 1.82) is 0 Å². The maximum atomic E-state index is 13.2. The number of nitrogens with one attached hydrogen (secondary N) is 1. The van der Waals surface area contributed by atoms with Gasteiger partial charge in [0.25, 0.3) is 5.91 Å². The van der Waals surface area contributed by atoms with Crippen molar-refractivity contribution >= 4 is 29.5 Å². The Balaban J connectivity index is 1.38. The average Bonchev–Trinajstić information content (AvgIpc) is 3.38. The van der Waals surface area contributed by atoms with E-state index in [1.165, 1.54) is 4.90 Å². The maximum absolute atomic E-state index is 13.2. The average molecular weight is 562 g/mol. The number of hydrogen-bond donors (Lipinski definition) is 3. The third-order valence-corrected chi connectivity index (χ3v) is 8.15. The van der Waals surface area contributed by atoms with Crippen LogP contribution in [-0.4, -0.2) is 87.9 Å². The molecule has 2 unspecified atom stereocenters. The quantitative estimate of drug-likeness (QED) is 0.312. The zero-order valence-corrected chi connectivity index (χ0v) is 23.2. The van der Waals surface area contributed by atoms with Gasteiger partial charge in [-0.25, -0.2) is 4.79 Å². The van der Waals surface area contributed by atoms with Crippen LogP contribution >= 0.6 is 11.8 Å². The second kappa shape index (κ2) is 14.1. The number of likely N-dealkylation sites (tertiary alicyclic amines) is 1. The van der Waals surface area contributed by atoms with Crippen molar-refractivity contribution in [2.24, 2.45) is 0 Å². The van der Waals surface area contributed by atoms with Gasteiger partial charge in [-0.3, -0.25) is 14.5 Å². The number of carbonyl (C=O) groups is 3. The zero-order chi connectivity index (χ0) is 28.5. The molecule has 3 aromatic carbocycles. The molecule has 0 spiro atoms. The summed E-state index contributed by atoms with van der Waals surface area (Å²) in [6.07, 6.45) is -0.188. The minimum atomic E-state index is -1.02. The second-order valence-electron chi connectivity index (χ2n) is 10.1. The molecule has 2 amide bonds. The molecular formula is C31H35N3O5S. The molecule has 0 bridgehead atoms. The number of likely N-dealkylation sites (N-methyl/N-ethyl adjacent to an activating group) is 1. The number of aliphatic hydroxyl groups is 1. The number of amides is 2. The topological polar surface area (TPSA) is 110 Å². The van der Waals surface area contributed by atoms with Gasteiger partial charge in [0.1, 0.15) is 6.04 Å². The predicted octanol–water partition coefficient (Wildman–Crippen LogP) is 3.17. The number of carboxylic acid groups (broad SMARTS) is 1. The van der Waals surface area contributed by atoms with Crippen molar-refractivity contribution in [2.75, 3.05) is 26.7 Å². The molecule has 1 fully saturated rings. The Morgan fingerprint density at radius 1 is 0.975 bits per heavy atom. The highest BCUT2D eigenvalue weighted by molar-refractivity contribution is 8.00. The first-order chi connectivity index (χ1) is 19.3. The summed E-state index contributed by atoms with van der Waals surface area (Å²) in [5.41, 5.74) is 1.45. The number of aliphatic hydroxyl groups excluding tert-OH is 1.